The summed E-state index contributed by atoms with van der Waals surface area (Å²) in [6, 6.07) is 1.33. The molecule has 0 atom stereocenters. The van der Waals surface area contributed by atoms with Crippen LogP contribution in [0.5, 0.6) is 0 Å². The molecule has 0 fully saturated rings. The Hall–Kier alpha value is 0.709. The van der Waals surface area contributed by atoms with Crippen molar-refractivity contribution in [3.05, 3.63) is 0 Å². The lowest BCUT2D eigenvalue weighted by molar-refractivity contribution is 0.360. The van der Waals surface area contributed by atoms with E-state index in [1.54, 1.807) is 0 Å². The van der Waals surface area contributed by atoms with E-state index in [-0.39, 0.29) is 14.1 Å². The molecule has 0 spiro atoms. The minimum atomic E-state index is -0.308. The molecule has 1 nitrogen and oxygen atoms in total. The summed E-state index contributed by atoms with van der Waals surface area (Å²) in [5, 5.41) is 4.42. The van der Waals surface area contributed by atoms with E-state index < -0.39 is 0 Å². The van der Waals surface area contributed by atoms with E-state index in [9.17, 15) is 0 Å². The fourth-order valence-electron chi connectivity index (χ4n) is 1.13. The Kier molecular flexibility index (Phi) is 9.37. The quantitative estimate of drug-likeness (QED) is 0.438. The Morgan fingerprint density at radius 3 is 2.27 bits per heavy atom. The molecule has 2 radical (unpaired) electrons. The van der Waals surface area contributed by atoms with Gasteiger partial charge in [0, 0.05) is 6.61 Å². The van der Waals surface area contributed by atoms with E-state index in [0.29, 0.717) is 0 Å². The molecule has 0 rings (SSSR count). The van der Waals surface area contributed by atoms with Crippen LogP contribution in [0.25, 0.3) is 0 Å². The molecule has 0 saturated carbocycles. The summed E-state index contributed by atoms with van der Waals surface area (Å²) in [7, 11) is 0.766. The topological polar surface area (TPSA) is 9.23 Å². The molecule has 0 N–H and O–H groups in total. The van der Waals surface area contributed by atoms with Gasteiger partial charge in [0.2, 0.25) is 9.76 Å². The molecule has 0 aromatic carbocycles. The maximum absolute atomic E-state index is 5.32. The highest BCUT2D eigenvalue weighted by Crippen LogP contribution is 2.07. The van der Waals surface area contributed by atoms with E-state index in [1.165, 1.54) is 21.9 Å². The smallest absolute Gasteiger partial charge is 0.261 e. The average Bonchev–Trinajstić information content (AvgIpc) is 2.05. The van der Waals surface area contributed by atoms with Crippen molar-refractivity contribution in [1.29, 1.82) is 0 Å². The van der Waals surface area contributed by atoms with E-state index in [0.717, 1.165) is 16.4 Å². The predicted octanol–water partition coefficient (Wildman–Crippen LogP) is 2.60. The van der Waals surface area contributed by atoms with Crippen LogP contribution >= 0.6 is 0 Å². The molecule has 0 aliphatic rings. The summed E-state index contributed by atoms with van der Waals surface area (Å²) in [5.41, 5.74) is 0. The molecule has 0 aromatic heterocycles. The molecule has 0 aromatic rings. The van der Waals surface area contributed by atoms with Crippen LogP contribution in [-0.4, -0.2) is 30.5 Å². The van der Waals surface area contributed by atoms with Gasteiger partial charge in [0.25, 0.3) is 14.1 Å². The highest BCUT2D eigenvalue weighted by molar-refractivity contribution is 6.59. The Balaban J connectivity index is 3.07. The average molecular weight is 186 g/mol. The van der Waals surface area contributed by atoms with Gasteiger partial charge < -0.3 is 4.43 Å². The van der Waals surface area contributed by atoms with Crippen molar-refractivity contribution in [1.82, 2.24) is 0 Å². The second-order valence-corrected chi connectivity index (χ2v) is 7.82. The predicted molar refractivity (Wildman–Crippen MR) is 53.7 cm³/mol. The third-order valence-electron chi connectivity index (χ3n) is 2.06. The van der Waals surface area contributed by atoms with E-state index in [2.05, 4.69) is 20.8 Å². The van der Waals surface area contributed by atoms with Gasteiger partial charge >= 0.3 is 0 Å². The summed E-state index contributed by atoms with van der Waals surface area (Å²) in [6.45, 7) is 7.64. The molecule has 0 bridgehead atoms. The van der Waals surface area contributed by atoms with E-state index >= 15 is 0 Å². The Morgan fingerprint density at radius 2 is 1.82 bits per heavy atom. The fourth-order valence-corrected chi connectivity index (χ4v) is 4.98. The summed E-state index contributed by atoms with van der Waals surface area (Å²) in [6.07, 6.45) is 0. The van der Waals surface area contributed by atoms with Crippen molar-refractivity contribution >= 4 is 23.9 Å². The number of hydrogen-bond donors (Lipinski definition) is 0. The second-order valence-electron chi connectivity index (χ2n) is 2.80. The Morgan fingerprint density at radius 1 is 1.18 bits per heavy atom. The lowest BCUT2D eigenvalue weighted by atomic mass is 10.9. The lowest BCUT2D eigenvalue weighted by Gasteiger charge is -2.04. The van der Waals surface area contributed by atoms with Crippen LogP contribution in [0.3, 0.4) is 0 Å². The summed E-state index contributed by atoms with van der Waals surface area (Å²) in [5.74, 6) is 0. The molecule has 64 valence electrons. The second kappa shape index (κ2) is 8.80. The van der Waals surface area contributed by atoms with E-state index in [4.69, 9.17) is 4.43 Å². The van der Waals surface area contributed by atoms with Gasteiger partial charge in [0.1, 0.15) is 0 Å². The van der Waals surface area contributed by atoms with E-state index in [1.807, 2.05) is 0 Å². The lowest BCUT2D eigenvalue weighted by Crippen LogP contribution is -2.10. The zero-order valence-electron chi connectivity index (χ0n) is 8.02. The van der Waals surface area contributed by atoms with Gasteiger partial charge in [-0.15, -0.1) is 0 Å². The molecule has 0 unspecified atom stereocenters. The normalized spacial score (nSPS) is 10.1. The summed E-state index contributed by atoms with van der Waals surface area (Å²) < 4.78 is 5.32. The van der Waals surface area contributed by atoms with Crippen LogP contribution in [-0.2, 0) is 4.43 Å². The molecular formula is C8H19AlOSi. The van der Waals surface area contributed by atoms with Crippen molar-refractivity contribution in [2.75, 3.05) is 6.61 Å². The first-order chi connectivity index (χ1) is 5.35. The standard InChI is InChI=1S/C4H9OSi.2C2H5.Al/c1-3-5-6-4-2;2*1-2;/h2-4H2,1H3;2*1H2,2H3;. The molecule has 11 heavy (non-hydrogen) atoms. The summed E-state index contributed by atoms with van der Waals surface area (Å²) >= 11 is -0.308. The zero-order chi connectivity index (χ0) is 8.53. The molecule has 0 heterocycles. The van der Waals surface area contributed by atoms with Gasteiger partial charge in [0.05, 0.1) is 0 Å². The molecule has 0 aliphatic carbocycles. The van der Waals surface area contributed by atoms with Crippen LogP contribution in [0, 0.1) is 0 Å². The Bertz CT molecular complexity index is 76.5. The van der Waals surface area contributed by atoms with Crippen molar-refractivity contribution < 1.29 is 4.43 Å². The largest absolute Gasteiger partial charge is 0.418 e. The summed E-state index contributed by atoms with van der Waals surface area (Å²) in [4.78, 5) is 0. The van der Waals surface area contributed by atoms with Crippen LogP contribution < -0.4 is 0 Å². The maximum atomic E-state index is 5.32. The minimum absolute atomic E-state index is 0.308. The monoisotopic (exact) mass is 186 g/mol. The highest BCUT2D eigenvalue weighted by atomic mass is 28.2. The molecule has 0 saturated heterocycles. The van der Waals surface area contributed by atoms with Gasteiger partial charge in [-0.3, -0.25) is 0 Å². The molecule has 0 aliphatic heterocycles. The number of hydrogen-bond acceptors (Lipinski definition) is 1. The van der Waals surface area contributed by atoms with Gasteiger partial charge in [-0.1, -0.05) is 29.7 Å². The maximum Gasteiger partial charge on any atom is 0.261 e. The number of rotatable bonds is 7. The molecular weight excluding hydrogens is 167 g/mol. The van der Waals surface area contributed by atoms with Crippen molar-refractivity contribution in [2.45, 2.75) is 42.7 Å². The molecule has 3 heteroatoms. The first-order valence-electron chi connectivity index (χ1n) is 4.69. The van der Waals surface area contributed by atoms with Crippen LogP contribution in [0.2, 0.25) is 21.9 Å². The highest BCUT2D eigenvalue weighted by Gasteiger charge is 2.10. The first-order valence-corrected chi connectivity index (χ1v) is 8.26. The van der Waals surface area contributed by atoms with Crippen LogP contribution in [0.4, 0.5) is 0 Å². The van der Waals surface area contributed by atoms with Crippen molar-refractivity contribution in [3.8, 4) is 0 Å². The van der Waals surface area contributed by atoms with Gasteiger partial charge in [-0.2, -0.15) is 0 Å². The van der Waals surface area contributed by atoms with Gasteiger partial charge in [-0.05, 0) is 13.0 Å². The van der Waals surface area contributed by atoms with Crippen LogP contribution in [0.15, 0.2) is 0 Å². The van der Waals surface area contributed by atoms with Crippen molar-refractivity contribution in [3.63, 3.8) is 0 Å². The minimum Gasteiger partial charge on any atom is -0.418 e. The Labute approximate surface area is 77.9 Å². The zero-order valence-corrected chi connectivity index (χ0v) is 10.2. The third kappa shape index (κ3) is 7.08. The van der Waals surface area contributed by atoms with Gasteiger partial charge in [0.15, 0.2) is 0 Å². The fraction of sp³-hybridized carbons (Fsp3) is 1.00. The van der Waals surface area contributed by atoms with Crippen molar-refractivity contribution in [2.24, 2.45) is 0 Å². The van der Waals surface area contributed by atoms with Crippen LogP contribution in [0.1, 0.15) is 20.8 Å². The molecule has 0 amide bonds. The first kappa shape index (κ1) is 11.7. The van der Waals surface area contributed by atoms with Gasteiger partial charge in [-0.25, -0.2) is 0 Å². The third-order valence-corrected chi connectivity index (χ3v) is 7.03. The SMILES string of the molecule is CCO[Si]C[CH2][Al]([CH2]C)[CH2]C.